The first kappa shape index (κ1) is 17.5. The van der Waals surface area contributed by atoms with Crippen molar-refractivity contribution in [3.63, 3.8) is 0 Å². The number of carbonyl (C=O) groups excluding carboxylic acids is 2. The fourth-order valence-electron chi connectivity index (χ4n) is 2.94. The molecule has 1 aromatic rings. The Morgan fingerprint density at radius 3 is 2.76 bits per heavy atom. The fraction of sp³-hybridized carbons (Fsp3) is 0.389. The molecule has 1 fully saturated rings. The molecule has 2 heterocycles. The number of aliphatic imine (C=N–C) groups is 1. The van der Waals surface area contributed by atoms with Gasteiger partial charge < -0.3 is 9.80 Å². The van der Waals surface area contributed by atoms with Gasteiger partial charge in [0, 0.05) is 19.3 Å². The number of allylic oxidation sites excluding steroid dienone is 1. The first-order valence-electron chi connectivity index (χ1n) is 8.32. The molecule has 1 saturated heterocycles. The Hall–Kier alpha value is -2.28. The van der Waals surface area contributed by atoms with Crippen molar-refractivity contribution < 1.29 is 9.59 Å². The predicted octanol–water partition coefficient (Wildman–Crippen LogP) is 2.09. The van der Waals surface area contributed by atoms with E-state index in [0.717, 1.165) is 17.3 Å². The van der Waals surface area contributed by atoms with E-state index in [-0.39, 0.29) is 5.91 Å². The topological polar surface area (TPSA) is 65.0 Å². The quantitative estimate of drug-likeness (QED) is 0.819. The molecule has 0 spiro atoms. The van der Waals surface area contributed by atoms with Crippen LogP contribution in [0.25, 0.3) is 0 Å². The van der Waals surface area contributed by atoms with Crippen LogP contribution in [-0.4, -0.2) is 58.5 Å². The largest absolute Gasteiger partial charge is 0.332 e. The first-order chi connectivity index (χ1) is 12.1. The van der Waals surface area contributed by atoms with Crippen LogP contribution in [0.5, 0.6) is 0 Å². The van der Waals surface area contributed by atoms with Gasteiger partial charge in [-0.15, -0.1) is 0 Å². The maximum absolute atomic E-state index is 12.3. The van der Waals surface area contributed by atoms with Crippen molar-refractivity contribution in [3.05, 3.63) is 48.0 Å². The van der Waals surface area contributed by atoms with E-state index in [4.69, 9.17) is 0 Å². The minimum atomic E-state index is -0.460. The molecule has 0 radical (unpaired) electrons. The summed E-state index contributed by atoms with van der Waals surface area (Å²) in [6.07, 6.45) is 4.43. The molecule has 2 unspecified atom stereocenters. The van der Waals surface area contributed by atoms with Crippen LogP contribution < -0.4 is 5.32 Å². The average Bonchev–Trinajstić information content (AvgIpc) is 2.98. The number of amidine groups is 1. The maximum Gasteiger partial charge on any atom is 0.325 e. The Morgan fingerprint density at radius 1 is 1.28 bits per heavy atom. The van der Waals surface area contributed by atoms with Gasteiger partial charge in [0.05, 0.1) is 0 Å². The van der Waals surface area contributed by atoms with E-state index in [2.05, 4.69) is 22.4 Å². The number of fused-ring (bicyclic) bond motifs is 1. The van der Waals surface area contributed by atoms with E-state index >= 15 is 0 Å². The first-order valence-corrected chi connectivity index (χ1v) is 9.30. The zero-order valence-electron chi connectivity index (χ0n) is 14.4. The molecule has 6 nitrogen and oxygen atoms in total. The molecule has 132 valence electrons. The zero-order chi connectivity index (χ0) is 17.8. The Morgan fingerprint density at radius 2 is 2.04 bits per heavy atom. The maximum atomic E-state index is 12.3. The molecular formula is C18H22N4O2S. The normalized spacial score (nSPS) is 23.0. The third-order valence-electron chi connectivity index (χ3n) is 4.33. The molecule has 1 N–H and O–H groups in total. The summed E-state index contributed by atoms with van der Waals surface area (Å²) >= 11 is 1.63. The van der Waals surface area contributed by atoms with Crippen molar-refractivity contribution in [1.82, 2.24) is 15.1 Å². The van der Waals surface area contributed by atoms with E-state index in [0.29, 0.717) is 6.54 Å². The molecule has 0 bridgehead atoms. The van der Waals surface area contributed by atoms with Crippen molar-refractivity contribution in [2.75, 3.05) is 19.3 Å². The van der Waals surface area contributed by atoms with Gasteiger partial charge in [-0.1, -0.05) is 54.2 Å². The van der Waals surface area contributed by atoms with Gasteiger partial charge >= 0.3 is 6.03 Å². The highest BCUT2D eigenvalue weighted by atomic mass is 32.2. The van der Waals surface area contributed by atoms with Crippen LogP contribution in [0.3, 0.4) is 0 Å². The highest BCUT2D eigenvalue weighted by molar-refractivity contribution is 8.13. The van der Waals surface area contributed by atoms with E-state index in [9.17, 15) is 9.59 Å². The number of likely N-dealkylation sites (N-methyl/N-ethyl adjacent to an activating group) is 1. The Balaban J connectivity index is 1.73. The number of hydrogen-bond acceptors (Lipinski definition) is 5. The fourth-order valence-corrected chi connectivity index (χ4v) is 3.99. The van der Waals surface area contributed by atoms with Crippen molar-refractivity contribution in [2.45, 2.75) is 25.6 Å². The summed E-state index contributed by atoms with van der Waals surface area (Å²) in [6.45, 7) is 2.55. The van der Waals surface area contributed by atoms with Gasteiger partial charge in [0.25, 0.3) is 5.91 Å². The number of thioether (sulfide) groups is 1. The third-order valence-corrected chi connectivity index (χ3v) is 5.33. The summed E-state index contributed by atoms with van der Waals surface area (Å²) in [5.41, 5.74) is 1.27. The summed E-state index contributed by atoms with van der Waals surface area (Å²) in [5.74, 6) is 0.591. The van der Waals surface area contributed by atoms with E-state index in [1.807, 2.05) is 42.2 Å². The summed E-state index contributed by atoms with van der Waals surface area (Å²) in [5, 5.41) is 3.23. The lowest BCUT2D eigenvalue weighted by Crippen LogP contribution is -2.63. The van der Waals surface area contributed by atoms with Crippen molar-refractivity contribution in [1.29, 1.82) is 0 Å². The molecule has 2 atom stereocenters. The Labute approximate surface area is 152 Å². The number of nitrogens with zero attached hydrogens (tertiary/aromatic N) is 3. The second-order valence-corrected chi connectivity index (χ2v) is 7.04. The molecule has 25 heavy (non-hydrogen) atoms. The van der Waals surface area contributed by atoms with Crippen LogP contribution in [0.4, 0.5) is 4.79 Å². The lowest BCUT2D eigenvalue weighted by atomic mass is 10.1. The summed E-state index contributed by atoms with van der Waals surface area (Å²) in [4.78, 5) is 32.4. The zero-order valence-corrected chi connectivity index (χ0v) is 15.2. The van der Waals surface area contributed by atoms with E-state index in [1.165, 1.54) is 10.5 Å². The van der Waals surface area contributed by atoms with Crippen molar-refractivity contribution in [3.8, 4) is 0 Å². The van der Waals surface area contributed by atoms with Crippen LogP contribution in [0.2, 0.25) is 0 Å². The number of amides is 3. The minimum Gasteiger partial charge on any atom is -0.332 e. The number of imide groups is 1. The number of aryl methyl sites for hydroxylation is 1. The molecule has 2 aliphatic rings. The molecular weight excluding hydrogens is 336 g/mol. The average molecular weight is 358 g/mol. The van der Waals surface area contributed by atoms with Crippen LogP contribution in [0.1, 0.15) is 12.5 Å². The molecule has 3 rings (SSSR count). The lowest BCUT2D eigenvalue weighted by molar-refractivity contribution is -0.126. The predicted molar refractivity (Wildman–Crippen MR) is 100 cm³/mol. The Bertz CT molecular complexity index is 704. The SMILES string of the molecule is C/C=C/CN1C(SCCc2ccccc2)=NC2C1C(=O)NC(=O)N2C. The summed E-state index contributed by atoms with van der Waals surface area (Å²) in [6, 6.07) is 9.43. The van der Waals surface area contributed by atoms with Gasteiger partial charge in [-0.3, -0.25) is 10.1 Å². The number of carbonyl (C=O) groups is 2. The van der Waals surface area contributed by atoms with Gasteiger partial charge in [-0.05, 0) is 18.9 Å². The smallest absolute Gasteiger partial charge is 0.325 e. The molecule has 3 amide bonds. The number of nitrogens with one attached hydrogen (secondary N) is 1. The van der Waals surface area contributed by atoms with Gasteiger partial charge in [-0.25, -0.2) is 9.79 Å². The van der Waals surface area contributed by atoms with Gasteiger partial charge in [0.1, 0.15) is 0 Å². The van der Waals surface area contributed by atoms with Crippen molar-refractivity contribution >= 4 is 28.9 Å². The molecule has 7 heteroatoms. The number of hydrogen-bond donors (Lipinski definition) is 1. The molecule has 1 aromatic carbocycles. The van der Waals surface area contributed by atoms with Crippen molar-refractivity contribution in [2.24, 2.45) is 4.99 Å². The molecule has 2 aliphatic heterocycles. The second-order valence-electron chi connectivity index (χ2n) is 5.98. The highest BCUT2D eigenvalue weighted by Crippen LogP contribution is 2.28. The minimum absolute atomic E-state index is 0.278. The molecule has 0 saturated carbocycles. The van der Waals surface area contributed by atoms with Crippen LogP contribution in [-0.2, 0) is 11.2 Å². The number of rotatable bonds is 5. The summed E-state index contributed by atoms with van der Waals surface area (Å²) < 4.78 is 0. The summed E-state index contributed by atoms with van der Waals surface area (Å²) in [7, 11) is 1.67. The second kappa shape index (κ2) is 7.74. The third kappa shape index (κ3) is 3.71. The van der Waals surface area contributed by atoms with E-state index < -0.39 is 18.2 Å². The Kier molecular flexibility index (Phi) is 5.43. The van der Waals surface area contributed by atoms with Crippen LogP contribution in [0, 0.1) is 0 Å². The van der Waals surface area contributed by atoms with Crippen LogP contribution >= 0.6 is 11.8 Å². The monoisotopic (exact) mass is 358 g/mol. The van der Waals surface area contributed by atoms with Gasteiger partial charge in [0.2, 0.25) is 0 Å². The molecule has 0 aromatic heterocycles. The lowest BCUT2D eigenvalue weighted by Gasteiger charge is -2.35. The standard InChI is InChI=1S/C18H22N4O2S/c1-3-4-11-22-14-15(21(2)17(24)20-16(14)23)19-18(22)25-12-10-13-8-6-5-7-9-13/h3-9,14-15H,10-12H2,1-2H3,(H,20,23,24)/b4-3+. The number of urea groups is 1. The van der Waals surface area contributed by atoms with Gasteiger partial charge in [0.15, 0.2) is 17.4 Å². The van der Waals surface area contributed by atoms with Gasteiger partial charge in [-0.2, -0.15) is 0 Å². The number of benzene rings is 1. The van der Waals surface area contributed by atoms with E-state index in [1.54, 1.807) is 18.8 Å². The van der Waals surface area contributed by atoms with Crippen LogP contribution in [0.15, 0.2) is 47.5 Å². The highest BCUT2D eigenvalue weighted by Gasteiger charge is 2.48. The molecule has 0 aliphatic carbocycles.